The van der Waals surface area contributed by atoms with Crippen LogP contribution in [0.25, 0.3) is 11.2 Å². The Bertz CT molecular complexity index is 1030. The summed E-state index contributed by atoms with van der Waals surface area (Å²) in [7, 11) is 1.52. The second-order valence-corrected chi connectivity index (χ2v) is 6.10. The van der Waals surface area contributed by atoms with Crippen molar-refractivity contribution in [3.63, 3.8) is 0 Å². The largest absolute Gasteiger partial charge is 0.329 e. The van der Waals surface area contributed by atoms with E-state index in [-0.39, 0.29) is 16.9 Å². The number of carbonyl (C=O) groups is 1. The molecule has 0 saturated carbocycles. The topological polar surface area (TPSA) is 89.8 Å². The maximum atomic E-state index is 12.9. The summed E-state index contributed by atoms with van der Waals surface area (Å²) in [6.07, 6.45) is 0.472. The first-order valence-corrected chi connectivity index (χ1v) is 8.21. The lowest BCUT2D eigenvalue weighted by molar-refractivity contribution is 0.0923. The molecule has 1 aromatic carbocycles. The van der Waals surface area contributed by atoms with Crippen LogP contribution in [-0.2, 0) is 7.05 Å². The number of nitrogens with zero attached hydrogens (tertiary/aromatic N) is 3. The van der Waals surface area contributed by atoms with Gasteiger partial charge in [-0.2, -0.15) is 0 Å². The summed E-state index contributed by atoms with van der Waals surface area (Å²) >= 11 is 3.32. The lowest BCUT2D eigenvalue weighted by Crippen LogP contribution is -2.30. The Hall–Kier alpha value is -2.48. The smallest absolute Gasteiger partial charge is 0.302 e. The molecule has 0 spiro atoms. The van der Waals surface area contributed by atoms with Gasteiger partial charge in [-0.1, -0.05) is 37.3 Å². The van der Waals surface area contributed by atoms with E-state index in [1.165, 1.54) is 11.6 Å². The summed E-state index contributed by atoms with van der Waals surface area (Å²) in [4.78, 5) is 43.4. The maximum absolute atomic E-state index is 12.9. The Labute approximate surface area is 145 Å². The third-order valence-electron chi connectivity index (χ3n) is 3.97. The number of aryl methyl sites for hydroxylation is 1. The number of H-pyrrole nitrogens is 1. The minimum Gasteiger partial charge on any atom is -0.302 e. The van der Waals surface area contributed by atoms with Gasteiger partial charge >= 0.3 is 5.69 Å². The number of hydrogen-bond donors (Lipinski definition) is 1. The summed E-state index contributed by atoms with van der Waals surface area (Å²) in [5.74, 6) is -0.119. The molecule has 3 aromatic rings. The van der Waals surface area contributed by atoms with Gasteiger partial charge in [0.25, 0.3) is 5.56 Å². The van der Waals surface area contributed by atoms with E-state index in [0.717, 1.165) is 0 Å². The fourth-order valence-corrected chi connectivity index (χ4v) is 3.33. The van der Waals surface area contributed by atoms with Gasteiger partial charge in [0.2, 0.25) is 0 Å². The van der Waals surface area contributed by atoms with E-state index in [4.69, 9.17) is 0 Å². The van der Waals surface area contributed by atoms with Crippen LogP contribution in [0.15, 0.2) is 44.7 Å². The molecule has 1 N–H and O–H groups in total. The zero-order valence-electron chi connectivity index (χ0n) is 13.1. The third kappa shape index (κ3) is 2.52. The number of ketones is 1. The molecule has 24 heavy (non-hydrogen) atoms. The van der Waals surface area contributed by atoms with Gasteiger partial charge in [0.05, 0.1) is 6.04 Å². The van der Waals surface area contributed by atoms with Crippen LogP contribution in [0.5, 0.6) is 0 Å². The molecule has 0 fully saturated rings. The van der Waals surface area contributed by atoms with Gasteiger partial charge in [-0.25, -0.2) is 9.78 Å². The average Bonchev–Trinajstić information content (AvgIpc) is 2.92. The first kappa shape index (κ1) is 16.4. The fourth-order valence-electron chi connectivity index (χ4n) is 2.74. The molecule has 3 rings (SSSR count). The molecular weight excluding hydrogens is 376 g/mol. The lowest BCUT2D eigenvalue weighted by Gasteiger charge is -2.17. The van der Waals surface area contributed by atoms with Gasteiger partial charge in [0, 0.05) is 12.6 Å². The normalized spacial score (nSPS) is 12.5. The maximum Gasteiger partial charge on any atom is 0.329 e. The number of Topliss-reactive ketones (excluding diaryl/α,β-unsaturated/α-hetero) is 1. The molecule has 1 atom stereocenters. The van der Waals surface area contributed by atoms with Crippen molar-refractivity contribution >= 4 is 32.9 Å². The van der Waals surface area contributed by atoms with Gasteiger partial charge in [0.15, 0.2) is 21.7 Å². The van der Waals surface area contributed by atoms with E-state index in [0.29, 0.717) is 16.7 Å². The van der Waals surface area contributed by atoms with Crippen molar-refractivity contribution in [2.24, 2.45) is 7.05 Å². The molecule has 1 unspecified atom stereocenters. The molecule has 124 valence electrons. The quantitative estimate of drug-likeness (QED) is 0.544. The van der Waals surface area contributed by atoms with Crippen molar-refractivity contribution in [2.75, 3.05) is 0 Å². The van der Waals surface area contributed by atoms with Crippen molar-refractivity contribution in [3.8, 4) is 0 Å². The standard InChI is InChI=1S/C16H15BrN4O3/c1-3-10(12(22)9-7-5-4-6-8-9)21-11-13(18-15(21)17)20(2)16(24)19-14(11)23/h4-8,10H,3H2,1-2H3,(H,19,23,24). The zero-order chi connectivity index (χ0) is 17.4. The Morgan fingerprint density at radius 2 is 1.96 bits per heavy atom. The Kier molecular flexibility index (Phi) is 4.23. The summed E-state index contributed by atoms with van der Waals surface area (Å²) in [6.45, 7) is 1.86. The van der Waals surface area contributed by atoms with Crippen LogP contribution in [0.2, 0.25) is 0 Å². The van der Waals surface area contributed by atoms with Crippen LogP contribution in [0.4, 0.5) is 0 Å². The van der Waals surface area contributed by atoms with E-state index in [1.807, 2.05) is 13.0 Å². The molecule has 2 heterocycles. The van der Waals surface area contributed by atoms with Crippen LogP contribution in [0, 0.1) is 0 Å². The second-order valence-electron chi connectivity index (χ2n) is 5.40. The predicted molar refractivity (Wildman–Crippen MR) is 93.4 cm³/mol. The molecule has 0 bridgehead atoms. The van der Waals surface area contributed by atoms with Crippen molar-refractivity contribution in [1.82, 2.24) is 19.1 Å². The Balaban J connectivity index is 2.26. The van der Waals surface area contributed by atoms with E-state index in [9.17, 15) is 14.4 Å². The predicted octanol–water partition coefficient (Wildman–Crippen LogP) is 2.02. The Morgan fingerprint density at radius 3 is 2.58 bits per heavy atom. The monoisotopic (exact) mass is 390 g/mol. The summed E-state index contributed by atoms with van der Waals surface area (Å²) in [5.41, 5.74) is -0.132. The summed E-state index contributed by atoms with van der Waals surface area (Å²) in [5, 5.41) is 0. The highest BCUT2D eigenvalue weighted by Crippen LogP contribution is 2.26. The minimum atomic E-state index is -0.606. The molecule has 7 nitrogen and oxygen atoms in total. The van der Waals surface area contributed by atoms with Gasteiger partial charge in [-0.05, 0) is 22.4 Å². The number of aromatic nitrogens is 4. The number of benzene rings is 1. The van der Waals surface area contributed by atoms with Crippen molar-refractivity contribution in [3.05, 3.63) is 61.5 Å². The number of aromatic amines is 1. The van der Waals surface area contributed by atoms with Crippen LogP contribution < -0.4 is 11.2 Å². The molecular formula is C16H15BrN4O3. The van der Waals surface area contributed by atoms with Crippen molar-refractivity contribution in [1.29, 1.82) is 0 Å². The van der Waals surface area contributed by atoms with Gasteiger partial charge in [-0.3, -0.25) is 19.1 Å². The molecule has 0 aliphatic heterocycles. The number of hydrogen-bond acceptors (Lipinski definition) is 4. The number of nitrogens with one attached hydrogen (secondary N) is 1. The fraction of sp³-hybridized carbons (Fsp3) is 0.250. The lowest BCUT2D eigenvalue weighted by atomic mass is 10.0. The molecule has 2 aromatic heterocycles. The van der Waals surface area contributed by atoms with Crippen LogP contribution >= 0.6 is 15.9 Å². The van der Waals surface area contributed by atoms with Gasteiger partial charge in [-0.15, -0.1) is 0 Å². The summed E-state index contributed by atoms with van der Waals surface area (Å²) in [6, 6.07) is 8.27. The van der Waals surface area contributed by atoms with Crippen molar-refractivity contribution in [2.45, 2.75) is 19.4 Å². The molecule has 8 heteroatoms. The first-order chi connectivity index (χ1) is 11.5. The first-order valence-electron chi connectivity index (χ1n) is 7.41. The minimum absolute atomic E-state index is 0.119. The van der Waals surface area contributed by atoms with E-state index in [1.54, 1.807) is 28.8 Å². The van der Waals surface area contributed by atoms with Gasteiger partial charge < -0.3 is 4.57 Å². The third-order valence-corrected chi connectivity index (χ3v) is 4.53. The average molecular weight is 391 g/mol. The van der Waals surface area contributed by atoms with Crippen LogP contribution in [0.1, 0.15) is 29.7 Å². The second kappa shape index (κ2) is 6.20. The van der Waals surface area contributed by atoms with Crippen LogP contribution in [0.3, 0.4) is 0 Å². The highest BCUT2D eigenvalue weighted by Gasteiger charge is 2.26. The van der Waals surface area contributed by atoms with Crippen LogP contribution in [-0.4, -0.2) is 24.9 Å². The Morgan fingerprint density at radius 1 is 1.29 bits per heavy atom. The SMILES string of the molecule is CCC(C(=O)c1ccccc1)n1c(Br)nc2c1c(=O)[nH]c(=O)n2C. The number of rotatable bonds is 4. The molecule has 0 radical (unpaired) electrons. The molecule has 0 aliphatic rings. The summed E-state index contributed by atoms with van der Waals surface area (Å²) < 4.78 is 3.13. The highest BCUT2D eigenvalue weighted by atomic mass is 79.9. The molecule has 0 amide bonds. The van der Waals surface area contributed by atoms with E-state index < -0.39 is 17.3 Å². The number of fused-ring (bicyclic) bond motifs is 1. The molecule has 0 aliphatic carbocycles. The number of carbonyl (C=O) groups excluding carboxylic acids is 1. The number of imidazole rings is 1. The van der Waals surface area contributed by atoms with E-state index in [2.05, 4.69) is 25.9 Å². The van der Waals surface area contributed by atoms with Crippen molar-refractivity contribution < 1.29 is 4.79 Å². The van der Waals surface area contributed by atoms with Gasteiger partial charge in [0.1, 0.15) is 0 Å². The van der Waals surface area contributed by atoms with E-state index >= 15 is 0 Å². The molecule has 0 saturated heterocycles. The highest BCUT2D eigenvalue weighted by molar-refractivity contribution is 9.10. The zero-order valence-corrected chi connectivity index (χ0v) is 14.7. The number of halogens is 1.